The lowest BCUT2D eigenvalue weighted by Gasteiger charge is -2.38. The van der Waals surface area contributed by atoms with Gasteiger partial charge >= 0.3 is 6.03 Å². The molecule has 1 unspecified atom stereocenters. The summed E-state index contributed by atoms with van der Waals surface area (Å²) in [4.78, 5) is 29.6. The maximum atomic E-state index is 13.4. The first-order chi connectivity index (χ1) is 15.5. The largest absolute Gasteiger partial charge is 0.359 e. The Morgan fingerprint density at radius 2 is 1.84 bits per heavy atom. The van der Waals surface area contributed by atoms with E-state index in [-0.39, 0.29) is 18.5 Å². The third-order valence-electron chi connectivity index (χ3n) is 6.29. The highest BCUT2D eigenvalue weighted by Crippen LogP contribution is 2.30. The molecule has 164 valence electrons. The molecule has 1 atom stereocenters. The number of nitrogens with zero attached hydrogens (tertiary/aromatic N) is 3. The summed E-state index contributed by atoms with van der Waals surface area (Å²) in [5, 5.41) is 7.10. The third-order valence-corrected chi connectivity index (χ3v) is 6.29. The third kappa shape index (κ3) is 3.91. The van der Waals surface area contributed by atoms with Crippen molar-refractivity contribution in [2.24, 2.45) is 0 Å². The fourth-order valence-corrected chi connectivity index (χ4v) is 4.62. The van der Waals surface area contributed by atoms with E-state index < -0.39 is 5.54 Å². The van der Waals surface area contributed by atoms with Crippen LogP contribution < -0.4 is 5.32 Å². The normalized spacial score (nSPS) is 21.3. The summed E-state index contributed by atoms with van der Waals surface area (Å²) < 4.78 is 5.45. The molecule has 7 heteroatoms. The van der Waals surface area contributed by atoms with Gasteiger partial charge in [0.2, 0.25) is 0 Å². The van der Waals surface area contributed by atoms with Crippen LogP contribution in [0.4, 0.5) is 4.79 Å². The van der Waals surface area contributed by atoms with Crippen LogP contribution in [0.1, 0.15) is 29.7 Å². The molecule has 3 aromatic rings. The van der Waals surface area contributed by atoms with E-state index in [1.165, 1.54) is 10.5 Å². The van der Waals surface area contributed by atoms with Crippen LogP contribution in [0.5, 0.6) is 0 Å². The fourth-order valence-electron chi connectivity index (χ4n) is 4.62. The Kier molecular flexibility index (Phi) is 5.27. The number of benzene rings is 2. The van der Waals surface area contributed by atoms with Crippen molar-refractivity contribution in [3.8, 4) is 11.3 Å². The fraction of sp³-hybridized carbons (Fsp3) is 0.320. The number of carbonyl (C=O) groups is 2. The van der Waals surface area contributed by atoms with Crippen LogP contribution in [0.2, 0.25) is 0 Å². The van der Waals surface area contributed by atoms with Crippen molar-refractivity contribution in [3.63, 3.8) is 0 Å². The molecule has 0 bridgehead atoms. The molecule has 3 heterocycles. The molecule has 1 aromatic heterocycles. The SMILES string of the molecule is Cc1ccc(-c2cc(CN3C(=O)NC4(CCCN(Cc5ccccc5)C4)C3=O)on2)cc1. The highest BCUT2D eigenvalue weighted by Gasteiger charge is 2.53. The van der Waals surface area contributed by atoms with Crippen molar-refractivity contribution in [1.82, 2.24) is 20.3 Å². The van der Waals surface area contributed by atoms with Gasteiger partial charge in [-0.15, -0.1) is 0 Å². The second-order valence-corrected chi connectivity index (χ2v) is 8.75. The number of carbonyl (C=O) groups excluding carboxylic acids is 2. The predicted molar refractivity (Wildman–Crippen MR) is 119 cm³/mol. The minimum absolute atomic E-state index is 0.0734. The number of imide groups is 1. The number of aromatic nitrogens is 1. The lowest BCUT2D eigenvalue weighted by atomic mass is 9.88. The average Bonchev–Trinajstić information content (AvgIpc) is 3.34. The molecule has 2 aliphatic heterocycles. The summed E-state index contributed by atoms with van der Waals surface area (Å²) in [6.07, 6.45) is 1.50. The number of amides is 3. The molecule has 7 nitrogen and oxygen atoms in total. The molecule has 3 amide bonds. The number of piperidine rings is 1. The Labute approximate surface area is 187 Å². The average molecular weight is 431 g/mol. The Bertz CT molecular complexity index is 1130. The lowest BCUT2D eigenvalue weighted by molar-refractivity contribution is -0.134. The zero-order valence-electron chi connectivity index (χ0n) is 18.1. The second-order valence-electron chi connectivity index (χ2n) is 8.75. The number of nitrogens with one attached hydrogen (secondary N) is 1. The molecule has 1 spiro atoms. The molecule has 2 aromatic carbocycles. The lowest BCUT2D eigenvalue weighted by Crippen LogP contribution is -2.58. The van der Waals surface area contributed by atoms with Crippen molar-refractivity contribution < 1.29 is 14.1 Å². The summed E-state index contributed by atoms with van der Waals surface area (Å²) in [5.74, 6) is 0.298. The molecular formula is C25H26N4O3. The van der Waals surface area contributed by atoms with Gasteiger partial charge < -0.3 is 9.84 Å². The molecule has 1 N–H and O–H groups in total. The van der Waals surface area contributed by atoms with E-state index in [0.29, 0.717) is 24.4 Å². The number of urea groups is 1. The van der Waals surface area contributed by atoms with Gasteiger partial charge in [-0.3, -0.25) is 14.6 Å². The second kappa shape index (κ2) is 8.24. The number of hydrogen-bond donors (Lipinski definition) is 1. The Balaban J connectivity index is 1.29. The Morgan fingerprint density at radius 1 is 1.06 bits per heavy atom. The zero-order chi connectivity index (χ0) is 22.1. The van der Waals surface area contributed by atoms with Gasteiger partial charge in [0.25, 0.3) is 5.91 Å². The minimum atomic E-state index is -0.871. The topological polar surface area (TPSA) is 78.7 Å². The number of hydrogen-bond acceptors (Lipinski definition) is 5. The van der Waals surface area contributed by atoms with E-state index in [0.717, 1.165) is 30.6 Å². The van der Waals surface area contributed by atoms with Crippen LogP contribution in [0.15, 0.2) is 65.2 Å². The van der Waals surface area contributed by atoms with Gasteiger partial charge in [-0.1, -0.05) is 65.3 Å². The molecule has 2 saturated heterocycles. The van der Waals surface area contributed by atoms with Gasteiger partial charge in [0, 0.05) is 24.7 Å². The van der Waals surface area contributed by atoms with Crippen molar-refractivity contribution >= 4 is 11.9 Å². The summed E-state index contributed by atoms with van der Waals surface area (Å²) in [5.41, 5.74) is 3.11. The first-order valence-electron chi connectivity index (χ1n) is 11.0. The monoisotopic (exact) mass is 430 g/mol. The van der Waals surface area contributed by atoms with Gasteiger partial charge in [0.15, 0.2) is 5.76 Å². The first kappa shape index (κ1) is 20.5. The quantitative estimate of drug-likeness (QED) is 0.624. The first-order valence-corrected chi connectivity index (χ1v) is 11.0. The molecule has 2 fully saturated rings. The smallest absolute Gasteiger partial charge is 0.325 e. The number of rotatable bonds is 5. The van der Waals surface area contributed by atoms with E-state index in [9.17, 15) is 9.59 Å². The van der Waals surface area contributed by atoms with Gasteiger partial charge in [0.1, 0.15) is 11.2 Å². The highest BCUT2D eigenvalue weighted by molar-refractivity contribution is 6.07. The number of aryl methyl sites for hydroxylation is 1. The summed E-state index contributed by atoms with van der Waals surface area (Å²) in [6, 6.07) is 19.6. The molecule has 0 aliphatic carbocycles. The molecule has 32 heavy (non-hydrogen) atoms. The Morgan fingerprint density at radius 3 is 2.62 bits per heavy atom. The van der Waals surface area contributed by atoms with Crippen LogP contribution >= 0.6 is 0 Å². The van der Waals surface area contributed by atoms with Crippen molar-refractivity contribution in [1.29, 1.82) is 0 Å². The standard InChI is InChI=1S/C25H26N4O3/c1-18-8-10-20(11-9-18)22-14-21(32-27-22)16-29-23(30)25(26-24(29)31)12-5-13-28(17-25)15-19-6-3-2-4-7-19/h2-4,6-11,14H,5,12-13,15-17H2,1H3,(H,26,31). The van der Waals surface area contributed by atoms with Crippen LogP contribution in [0, 0.1) is 6.92 Å². The molecule has 5 rings (SSSR count). The molecule has 0 radical (unpaired) electrons. The van der Waals surface area contributed by atoms with Gasteiger partial charge in [-0.25, -0.2) is 4.79 Å². The van der Waals surface area contributed by atoms with Crippen LogP contribution in [0.3, 0.4) is 0 Å². The van der Waals surface area contributed by atoms with Crippen LogP contribution in [-0.4, -0.2) is 45.5 Å². The van der Waals surface area contributed by atoms with Crippen molar-refractivity contribution in [3.05, 3.63) is 77.6 Å². The van der Waals surface area contributed by atoms with E-state index in [1.807, 2.05) is 49.4 Å². The van der Waals surface area contributed by atoms with Crippen LogP contribution in [-0.2, 0) is 17.9 Å². The van der Waals surface area contributed by atoms with Gasteiger partial charge in [0.05, 0.1) is 6.54 Å². The van der Waals surface area contributed by atoms with Crippen LogP contribution in [0.25, 0.3) is 11.3 Å². The van der Waals surface area contributed by atoms with E-state index in [4.69, 9.17) is 4.52 Å². The Hall–Kier alpha value is -3.45. The summed E-state index contributed by atoms with van der Waals surface area (Å²) >= 11 is 0. The summed E-state index contributed by atoms with van der Waals surface area (Å²) in [7, 11) is 0. The minimum Gasteiger partial charge on any atom is -0.359 e. The molecular weight excluding hydrogens is 404 g/mol. The predicted octanol–water partition coefficient (Wildman–Crippen LogP) is 3.74. The molecule has 2 aliphatic rings. The van der Waals surface area contributed by atoms with E-state index in [1.54, 1.807) is 6.07 Å². The maximum Gasteiger partial charge on any atom is 0.325 e. The maximum absolute atomic E-state index is 13.4. The highest BCUT2D eigenvalue weighted by atomic mass is 16.5. The van der Waals surface area contributed by atoms with E-state index >= 15 is 0 Å². The van der Waals surface area contributed by atoms with Crippen molar-refractivity contribution in [2.75, 3.05) is 13.1 Å². The summed E-state index contributed by atoms with van der Waals surface area (Å²) in [6.45, 7) is 4.27. The van der Waals surface area contributed by atoms with Gasteiger partial charge in [-0.2, -0.15) is 0 Å². The zero-order valence-corrected chi connectivity index (χ0v) is 18.1. The molecule has 0 saturated carbocycles. The van der Waals surface area contributed by atoms with Gasteiger partial charge in [-0.05, 0) is 31.9 Å². The van der Waals surface area contributed by atoms with E-state index in [2.05, 4.69) is 27.5 Å². The van der Waals surface area contributed by atoms with Crippen molar-refractivity contribution in [2.45, 2.75) is 38.4 Å². The number of likely N-dealkylation sites (tertiary alicyclic amines) is 1.